The van der Waals surface area contributed by atoms with E-state index in [4.69, 9.17) is 5.73 Å². The highest BCUT2D eigenvalue weighted by Crippen LogP contribution is 2.36. The van der Waals surface area contributed by atoms with Crippen LogP contribution in [-0.4, -0.2) is 20.1 Å². The number of nitro groups is 1. The third-order valence-electron chi connectivity index (χ3n) is 2.78. The Balaban J connectivity index is 2.17. The number of nitrogens with two attached hydrogens (primary N) is 1. The zero-order valence-corrected chi connectivity index (χ0v) is 10.2. The Morgan fingerprint density at radius 1 is 1.41 bits per heavy atom. The highest BCUT2D eigenvalue weighted by molar-refractivity contribution is 8.00. The minimum atomic E-state index is -0.454. The summed E-state index contributed by atoms with van der Waals surface area (Å²) in [5, 5.41) is 11.7. The molecule has 1 aromatic heterocycles. The monoisotopic (exact) mass is 254 g/mol. The van der Waals surface area contributed by atoms with Crippen molar-refractivity contribution in [3.8, 4) is 0 Å². The Hall–Kier alpha value is -1.37. The average molecular weight is 254 g/mol. The lowest BCUT2D eigenvalue weighted by atomic mass is 10.0. The largest absolute Gasteiger partial charge is 0.368 e. The van der Waals surface area contributed by atoms with E-state index in [9.17, 15) is 10.1 Å². The number of hydrogen-bond donors (Lipinski definition) is 1. The minimum absolute atomic E-state index is 0.0465. The highest BCUT2D eigenvalue weighted by Gasteiger charge is 2.22. The summed E-state index contributed by atoms with van der Waals surface area (Å²) < 4.78 is 0. The van der Waals surface area contributed by atoms with Crippen LogP contribution in [0.1, 0.15) is 32.1 Å². The second-order valence-electron chi connectivity index (χ2n) is 4.05. The van der Waals surface area contributed by atoms with Gasteiger partial charge in [0.1, 0.15) is 6.20 Å². The van der Waals surface area contributed by atoms with E-state index in [1.807, 2.05) is 0 Å². The third-order valence-corrected chi connectivity index (χ3v) is 4.11. The number of nitrogen functional groups attached to an aromatic ring is 1. The van der Waals surface area contributed by atoms with Crippen molar-refractivity contribution in [2.75, 3.05) is 5.73 Å². The van der Waals surface area contributed by atoms with Gasteiger partial charge >= 0.3 is 5.69 Å². The molecule has 1 aliphatic rings. The molecule has 0 radical (unpaired) electrons. The van der Waals surface area contributed by atoms with Gasteiger partial charge in [0.15, 0.2) is 5.03 Å². The van der Waals surface area contributed by atoms with Crippen LogP contribution in [0, 0.1) is 10.1 Å². The summed E-state index contributed by atoms with van der Waals surface area (Å²) in [6.07, 6.45) is 6.99. The molecule has 0 atom stereocenters. The molecule has 1 aromatic rings. The Bertz CT molecular complexity index is 421. The number of thioether (sulfide) groups is 1. The lowest BCUT2D eigenvalue weighted by Crippen LogP contribution is -2.09. The zero-order chi connectivity index (χ0) is 12.3. The number of hydrogen-bond acceptors (Lipinski definition) is 6. The summed E-state index contributed by atoms with van der Waals surface area (Å²) in [4.78, 5) is 18.0. The molecule has 1 saturated carbocycles. The summed E-state index contributed by atoms with van der Waals surface area (Å²) in [7, 11) is 0. The van der Waals surface area contributed by atoms with Gasteiger partial charge in [0.25, 0.3) is 0 Å². The molecule has 2 rings (SSSR count). The van der Waals surface area contributed by atoms with Crippen molar-refractivity contribution in [2.24, 2.45) is 0 Å². The Labute approximate surface area is 103 Å². The molecule has 1 heterocycles. The fourth-order valence-corrected chi connectivity index (χ4v) is 3.20. The summed E-state index contributed by atoms with van der Waals surface area (Å²) in [5.74, 6) is 0.0916. The van der Waals surface area contributed by atoms with Gasteiger partial charge in [-0.1, -0.05) is 31.0 Å². The minimum Gasteiger partial charge on any atom is -0.368 e. The van der Waals surface area contributed by atoms with Crippen molar-refractivity contribution in [2.45, 2.75) is 42.4 Å². The molecule has 0 unspecified atom stereocenters. The van der Waals surface area contributed by atoms with Gasteiger partial charge in [-0.2, -0.15) is 4.98 Å². The zero-order valence-electron chi connectivity index (χ0n) is 9.33. The SMILES string of the molecule is Nc1ncc([N+](=O)[O-])c(SC2CCCCC2)n1. The van der Waals surface area contributed by atoms with Gasteiger partial charge in [0.05, 0.1) is 4.92 Å². The molecule has 2 N–H and O–H groups in total. The molecule has 0 saturated heterocycles. The molecule has 0 aromatic carbocycles. The van der Waals surface area contributed by atoms with Crippen LogP contribution in [-0.2, 0) is 0 Å². The molecule has 1 aliphatic carbocycles. The second kappa shape index (κ2) is 5.31. The van der Waals surface area contributed by atoms with Gasteiger partial charge in [-0.15, -0.1) is 0 Å². The van der Waals surface area contributed by atoms with Crippen LogP contribution in [0.4, 0.5) is 11.6 Å². The van der Waals surface area contributed by atoms with Gasteiger partial charge in [-0.05, 0) is 12.8 Å². The predicted molar refractivity (Wildman–Crippen MR) is 65.8 cm³/mol. The van der Waals surface area contributed by atoms with E-state index in [1.54, 1.807) is 0 Å². The normalized spacial score (nSPS) is 16.9. The van der Waals surface area contributed by atoms with E-state index in [2.05, 4.69) is 9.97 Å². The van der Waals surface area contributed by atoms with E-state index in [1.165, 1.54) is 37.2 Å². The van der Waals surface area contributed by atoms with Crippen LogP contribution in [0.3, 0.4) is 0 Å². The molecule has 6 nitrogen and oxygen atoms in total. The van der Waals surface area contributed by atoms with Crippen molar-refractivity contribution in [1.29, 1.82) is 0 Å². The van der Waals surface area contributed by atoms with Crippen molar-refractivity contribution in [1.82, 2.24) is 9.97 Å². The molecule has 0 spiro atoms. The van der Waals surface area contributed by atoms with E-state index in [0.717, 1.165) is 12.8 Å². The third kappa shape index (κ3) is 3.06. The first-order valence-corrected chi connectivity index (χ1v) is 6.48. The lowest BCUT2D eigenvalue weighted by molar-refractivity contribution is -0.388. The molecule has 92 valence electrons. The molecular formula is C10H14N4O2S. The topological polar surface area (TPSA) is 94.9 Å². The van der Waals surface area contributed by atoms with Crippen LogP contribution in [0.25, 0.3) is 0 Å². The molecule has 1 fully saturated rings. The van der Waals surface area contributed by atoms with Crippen molar-refractivity contribution in [3.63, 3.8) is 0 Å². The number of nitrogens with zero attached hydrogens (tertiary/aromatic N) is 3. The van der Waals surface area contributed by atoms with Gasteiger partial charge in [0, 0.05) is 5.25 Å². The number of anilines is 1. The first-order valence-electron chi connectivity index (χ1n) is 5.60. The highest BCUT2D eigenvalue weighted by atomic mass is 32.2. The number of aromatic nitrogens is 2. The van der Waals surface area contributed by atoms with Crippen molar-refractivity contribution >= 4 is 23.4 Å². The molecule has 0 aliphatic heterocycles. The van der Waals surface area contributed by atoms with Gasteiger partial charge < -0.3 is 5.73 Å². The molecule has 0 amide bonds. The van der Waals surface area contributed by atoms with Crippen molar-refractivity contribution < 1.29 is 4.92 Å². The first kappa shape index (κ1) is 12.1. The Morgan fingerprint density at radius 3 is 2.76 bits per heavy atom. The molecule has 7 heteroatoms. The Kier molecular flexibility index (Phi) is 3.78. The van der Waals surface area contributed by atoms with E-state index < -0.39 is 4.92 Å². The maximum Gasteiger partial charge on any atom is 0.319 e. The lowest BCUT2D eigenvalue weighted by Gasteiger charge is -2.20. The van der Waals surface area contributed by atoms with E-state index >= 15 is 0 Å². The number of rotatable bonds is 3. The molecule has 0 bridgehead atoms. The van der Waals surface area contributed by atoms with E-state index in [-0.39, 0.29) is 11.6 Å². The van der Waals surface area contributed by atoms with Crippen LogP contribution in [0.2, 0.25) is 0 Å². The molecular weight excluding hydrogens is 240 g/mol. The fourth-order valence-electron chi connectivity index (χ4n) is 1.93. The summed E-state index contributed by atoms with van der Waals surface area (Å²) >= 11 is 1.46. The summed E-state index contributed by atoms with van der Waals surface area (Å²) in [6, 6.07) is 0. The van der Waals surface area contributed by atoms with Crippen molar-refractivity contribution in [3.05, 3.63) is 16.3 Å². The van der Waals surface area contributed by atoms with E-state index in [0.29, 0.717) is 10.3 Å². The Morgan fingerprint density at radius 2 is 2.12 bits per heavy atom. The summed E-state index contributed by atoms with van der Waals surface area (Å²) in [6.45, 7) is 0. The summed E-state index contributed by atoms with van der Waals surface area (Å²) in [5.41, 5.74) is 5.43. The smallest absolute Gasteiger partial charge is 0.319 e. The maximum absolute atomic E-state index is 10.8. The van der Waals surface area contributed by atoms with Crippen LogP contribution < -0.4 is 5.73 Å². The second-order valence-corrected chi connectivity index (χ2v) is 5.34. The van der Waals surface area contributed by atoms with Crippen LogP contribution >= 0.6 is 11.8 Å². The molecule has 17 heavy (non-hydrogen) atoms. The average Bonchev–Trinajstić information content (AvgIpc) is 2.30. The van der Waals surface area contributed by atoms with Gasteiger partial charge in [0.2, 0.25) is 5.95 Å². The fraction of sp³-hybridized carbons (Fsp3) is 0.600. The maximum atomic E-state index is 10.8. The van der Waals surface area contributed by atoms with Crippen LogP contribution in [0.15, 0.2) is 11.2 Å². The van der Waals surface area contributed by atoms with Gasteiger partial charge in [-0.3, -0.25) is 10.1 Å². The standard InChI is InChI=1S/C10H14N4O2S/c11-10-12-6-8(14(15)16)9(13-10)17-7-4-2-1-3-5-7/h6-7H,1-5H2,(H2,11,12,13). The quantitative estimate of drug-likeness (QED) is 0.505. The van der Waals surface area contributed by atoms with Gasteiger partial charge in [-0.25, -0.2) is 4.98 Å². The first-order chi connectivity index (χ1) is 8.16. The van der Waals surface area contributed by atoms with Crippen LogP contribution in [0.5, 0.6) is 0 Å². The predicted octanol–water partition coefficient (Wildman–Crippen LogP) is 2.39.